The molecule has 0 aliphatic heterocycles. The summed E-state index contributed by atoms with van der Waals surface area (Å²) < 4.78 is 26.5. The summed E-state index contributed by atoms with van der Waals surface area (Å²) >= 11 is 0. The highest BCUT2D eigenvalue weighted by Crippen LogP contribution is 2.24. The van der Waals surface area contributed by atoms with Crippen LogP contribution in [0.3, 0.4) is 0 Å². The molecular formula is C12H18N2O2S. The van der Waals surface area contributed by atoms with Gasteiger partial charge >= 0.3 is 0 Å². The highest BCUT2D eigenvalue weighted by atomic mass is 32.2. The van der Waals surface area contributed by atoms with Gasteiger partial charge in [-0.3, -0.25) is 0 Å². The molecule has 0 saturated carbocycles. The Morgan fingerprint density at radius 3 is 2.71 bits per heavy atom. The Hall–Kier alpha value is -0.910. The average Bonchev–Trinajstić information content (AvgIpc) is 2.76. The number of nitrogens with one attached hydrogen (secondary N) is 2. The molecule has 0 heterocycles. The van der Waals surface area contributed by atoms with Crippen molar-refractivity contribution in [3.63, 3.8) is 0 Å². The topological polar surface area (TPSA) is 58.2 Å². The van der Waals surface area contributed by atoms with Gasteiger partial charge in [-0.2, -0.15) is 0 Å². The second-order valence-corrected chi connectivity index (χ2v) is 6.05. The summed E-state index contributed by atoms with van der Waals surface area (Å²) in [7, 11) is -1.55. The van der Waals surface area contributed by atoms with Gasteiger partial charge in [0.05, 0.1) is 4.90 Å². The summed E-state index contributed by atoms with van der Waals surface area (Å²) in [5.41, 5.74) is 2.47. The second kappa shape index (κ2) is 5.16. The molecule has 1 aliphatic carbocycles. The Bertz CT molecular complexity index is 497. The molecule has 0 bridgehead atoms. The first-order valence-corrected chi connectivity index (χ1v) is 7.38. The third-order valence-corrected chi connectivity index (χ3v) is 4.51. The summed E-state index contributed by atoms with van der Waals surface area (Å²) in [5.74, 6) is 0. The Labute approximate surface area is 102 Å². The van der Waals surface area contributed by atoms with Gasteiger partial charge < -0.3 is 5.32 Å². The molecule has 0 aromatic heterocycles. The van der Waals surface area contributed by atoms with Crippen LogP contribution in [0.25, 0.3) is 0 Å². The summed E-state index contributed by atoms with van der Waals surface area (Å²) in [6.07, 6.45) is 3.20. The van der Waals surface area contributed by atoms with Crippen LogP contribution in [-0.2, 0) is 22.9 Å². The van der Waals surface area contributed by atoms with E-state index in [1.165, 1.54) is 11.1 Å². The number of sulfonamides is 1. The van der Waals surface area contributed by atoms with E-state index in [9.17, 15) is 8.42 Å². The fourth-order valence-corrected chi connectivity index (χ4v) is 3.19. The molecule has 0 saturated heterocycles. The van der Waals surface area contributed by atoms with Crippen LogP contribution >= 0.6 is 0 Å². The predicted molar refractivity (Wildman–Crippen MR) is 67.6 cm³/mol. The molecule has 5 heteroatoms. The van der Waals surface area contributed by atoms with Crippen LogP contribution < -0.4 is 10.0 Å². The van der Waals surface area contributed by atoms with E-state index >= 15 is 0 Å². The van der Waals surface area contributed by atoms with E-state index in [1.807, 2.05) is 12.1 Å². The lowest BCUT2D eigenvalue weighted by Gasteiger charge is -2.08. The summed E-state index contributed by atoms with van der Waals surface area (Å²) in [5, 5.41) is 2.91. The van der Waals surface area contributed by atoms with E-state index in [-0.39, 0.29) is 0 Å². The number of likely N-dealkylation sites (N-methyl/N-ethyl adjacent to an activating group) is 1. The number of aryl methyl sites for hydroxylation is 2. The Balaban J connectivity index is 2.16. The number of fused-ring (bicyclic) bond motifs is 1. The molecule has 0 unspecified atom stereocenters. The SMILES string of the molecule is CNCCNS(=O)(=O)c1ccc2c(c1)CCC2. The molecule has 17 heavy (non-hydrogen) atoms. The fourth-order valence-electron chi connectivity index (χ4n) is 2.11. The lowest BCUT2D eigenvalue weighted by atomic mass is 10.1. The highest BCUT2D eigenvalue weighted by molar-refractivity contribution is 7.89. The van der Waals surface area contributed by atoms with Crippen molar-refractivity contribution < 1.29 is 8.42 Å². The van der Waals surface area contributed by atoms with Crippen LogP contribution in [0.5, 0.6) is 0 Å². The normalized spacial score (nSPS) is 14.9. The Morgan fingerprint density at radius 2 is 1.94 bits per heavy atom. The first kappa shape index (κ1) is 12.5. The minimum absolute atomic E-state index is 0.384. The van der Waals surface area contributed by atoms with Crippen molar-refractivity contribution in [1.29, 1.82) is 0 Å². The van der Waals surface area contributed by atoms with Gasteiger partial charge in [0.25, 0.3) is 0 Å². The van der Waals surface area contributed by atoms with Gasteiger partial charge in [-0.05, 0) is 49.6 Å². The van der Waals surface area contributed by atoms with E-state index in [2.05, 4.69) is 10.0 Å². The smallest absolute Gasteiger partial charge is 0.240 e. The lowest BCUT2D eigenvalue weighted by Crippen LogP contribution is -2.30. The van der Waals surface area contributed by atoms with Crippen molar-refractivity contribution in [3.05, 3.63) is 29.3 Å². The molecule has 2 N–H and O–H groups in total. The Kier molecular flexibility index (Phi) is 3.81. The molecule has 2 rings (SSSR count). The Morgan fingerprint density at radius 1 is 1.18 bits per heavy atom. The van der Waals surface area contributed by atoms with Crippen LogP contribution in [0.4, 0.5) is 0 Å². The van der Waals surface area contributed by atoms with Crippen LogP contribution in [0.2, 0.25) is 0 Å². The number of hydrogen-bond acceptors (Lipinski definition) is 3. The third kappa shape index (κ3) is 2.86. The van der Waals surface area contributed by atoms with Crippen LogP contribution in [0, 0.1) is 0 Å². The van der Waals surface area contributed by atoms with E-state index in [1.54, 1.807) is 13.1 Å². The van der Waals surface area contributed by atoms with Gasteiger partial charge in [0.1, 0.15) is 0 Å². The molecule has 0 spiro atoms. The zero-order valence-electron chi connectivity index (χ0n) is 9.99. The van der Waals surface area contributed by atoms with Gasteiger partial charge in [0, 0.05) is 13.1 Å². The highest BCUT2D eigenvalue weighted by Gasteiger charge is 2.17. The average molecular weight is 254 g/mol. The maximum atomic E-state index is 12.0. The van der Waals surface area contributed by atoms with E-state index in [4.69, 9.17) is 0 Å². The summed E-state index contributed by atoms with van der Waals surface area (Å²) in [6.45, 7) is 1.04. The van der Waals surface area contributed by atoms with Crippen molar-refractivity contribution in [3.8, 4) is 0 Å². The molecule has 94 valence electrons. The summed E-state index contributed by atoms with van der Waals surface area (Å²) in [4.78, 5) is 0.384. The number of hydrogen-bond donors (Lipinski definition) is 2. The predicted octanol–water partition coefficient (Wildman–Crippen LogP) is 0.673. The molecule has 0 atom stereocenters. The molecule has 0 amide bonds. The molecule has 1 aromatic carbocycles. The van der Waals surface area contributed by atoms with Crippen LogP contribution in [0.1, 0.15) is 17.5 Å². The zero-order chi connectivity index (χ0) is 12.3. The van der Waals surface area contributed by atoms with E-state index in [0.717, 1.165) is 19.3 Å². The standard InChI is InChI=1S/C12H18N2O2S/c1-13-7-8-14-17(15,16)12-6-5-10-3-2-4-11(10)9-12/h5-6,9,13-14H,2-4,7-8H2,1H3. The molecule has 1 aliphatic rings. The second-order valence-electron chi connectivity index (χ2n) is 4.29. The van der Waals surface area contributed by atoms with Gasteiger partial charge in [0.2, 0.25) is 10.0 Å². The quantitative estimate of drug-likeness (QED) is 0.759. The lowest BCUT2D eigenvalue weighted by molar-refractivity contribution is 0.579. The molecule has 0 radical (unpaired) electrons. The van der Waals surface area contributed by atoms with Crippen molar-refractivity contribution in [1.82, 2.24) is 10.0 Å². The largest absolute Gasteiger partial charge is 0.318 e. The number of benzene rings is 1. The van der Waals surface area contributed by atoms with Crippen LogP contribution in [0.15, 0.2) is 23.1 Å². The van der Waals surface area contributed by atoms with Crippen molar-refractivity contribution >= 4 is 10.0 Å². The fraction of sp³-hybridized carbons (Fsp3) is 0.500. The van der Waals surface area contributed by atoms with Gasteiger partial charge in [-0.15, -0.1) is 0 Å². The van der Waals surface area contributed by atoms with Gasteiger partial charge in [0.15, 0.2) is 0 Å². The zero-order valence-corrected chi connectivity index (χ0v) is 10.8. The minimum Gasteiger partial charge on any atom is -0.318 e. The molecule has 0 fully saturated rings. The summed E-state index contributed by atoms with van der Waals surface area (Å²) in [6, 6.07) is 5.45. The molecular weight excluding hydrogens is 236 g/mol. The van der Waals surface area contributed by atoms with Crippen molar-refractivity contribution in [2.24, 2.45) is 0 Å². The molecule has 4 nitrogen and oxygen atoms in total. The maximum absolute atomic E-state index is 12.0. The first-order chi connectivity index (χ1) is 8.13. The van der Waals surface area contributed by atoms with Crippen molar-refractivity contribution in [2.45, 2.75) is 24.2 Å². The third-order valence-electron chi connectivity index (χ3n) is 3.05. The number of rotatable bonds is 5. The minimum atomic E-state index is -3.34. The van der Waals surface area contributed by atoms with E-state index in [0.29, 0.717) is 18.0 Å². The van der Waals surface area contributed by atoms with Crippen molar-refractivity contribution in [2.75, 3.05) is 20.1 Å². The van der Waals surface area contributed by atoms with Crippen LogP contribution in [-0.4, -0.2) is 28.6 Å². The van der Waals surface area contributed by atoms with E-state index < -0.39 is 10.0 Å². The van der Waals surface area contributed by atoms with Gasteiger partial charge in [-0.25, -0.2) is 13.1 Å². The maximum Gasteiger partial charge on any atom is 0.240 e. The monoisotopic (exact) mass is 254 g/mol. The van der Waals surface area contributed by atoms with Gasteiger partial charge in [-0.1, -0.05) is 6.07 Å². The first-order valence-electron chi connectivity index (χ1n) is 5.89. The molecule has 1 aromatic rings.